The van der Waals surface area contributed by atoms with Crippen molar-refractivity contribution in [2.45, 2.75) is 64.2 Å². The van der Waals surface area contributed by atoms with Crippen molar-refractivity contribution in [3.63, 3.8) is 0 Å². The largest absolute Gasteiger partial charge is 0.310 e. The van der Waals surface area contributed by atoms with E-state index in [-0.39, 0.29) is 5.82 Å². The Hall–Kier alpha value is -0.930. The molecule has 2 nitrogen and oxygen atoms in total. The lowest BCUT2D eigenvalue weighted by Gasteiger charge is -2.36. The maximum absolute atomic E-state index is 13.6. The molecule has 1 aromatic carbocycles. The molecular formula is C17H25FN2. The van der Waals surface area contributed by atoms with Crippen molar-refractivity contribution in [1.82, 2.24) is 10.2 Å². The number of nitrogens with zero attached hydrogens (tertiary/aromatic N) is 1. The molecule has 0 aromatic heterocycles. The SMILES string of the molecule is Cc1cc(CNC2CC3CCC(C2)N3C)cc(C)c1F. The van der Waals surface area contributed by atoms with Crippen molar-refractivity contribution in [1.29, 1.82) is 0 Å². The fourth-order valence-corrected chi connectivity index (χ4v) is 3.98. The maximum Gasteiger partial charge on any atom is 0.129 e. The predicted octanol–water partition coefficient (Wildman–Crippen LogP) is 3.16. The van der Waals surface area contributed by atoms with Crippen LogP contribution in [-0.2, 0) is 6.54 Å². The van der Waals surface area contributed by atoms with Crippen molar-refractivity contribution < 1.29 is 4.39 Å². The number of halogens is 1. The molecule has 0 aliphatic carbocycles. The average molecular weight is 276 g/mol. The van der Waals surface area contributed by atoms with Gasteiger partial charge < -0.3 is 10.2 Å². The molecule has 1 N–H and O–H groups in total. The Morgan fingerprint density at radius 3 is 2.25 bits per heavy atom. The molecule has 3 rings (SSSR count). The number of hydrogen-bond donors (Lipinski definition) is 1. The molecule has 20 heavy (non-hydrogen) atoms. The highest BCUT2D eigenvalue weighted by atomic mass is 19.1. The first-order chi connectivity index (χ1) is 9.54. The lowest BCUT2D eigenvalue weighted by molar-refractivity contribution is 0.148. The number of rotatable bonds is 3. The standard InChI is InChI=1S/C17H25FN2/c1-11-6-13(7-12(2)17(11)18)10-19-14-8-15-4-5-16(9-14)20(15)3/h6-7,14-16,19H,4-5,8-10H2,1-3H3. The van der Waals surface area contributed by atoms with Crippen LogP contribution in [0.15, 0.2) is 12.1 Å². The van der Waals surface area contributed by atoms with Crippen LogP contribution >= 0.6 is 0 Å². The summed E-state index contributed by atoms with van der Waals surface area (Å²) >= 11 is 0. The van der Waals surface area contributed by atoms with Gasteiger partial charge in [-0.05, 0) is 63.3 Å². The van der Waals surface area contributed by atoms with Crippen LogP contribution in [0.5, 0.6) is 0 Å². The first-order valence-electron chi connectivity index (χ1n) is 7.75. The molecule has 2 atom stereocenters. The van der Waals surface area contributed by atoms with Gasteiger partial charge in [-0.3, -0.25) is 0 Å². The van der Waals surface area contributed by atoms with E-state index in [9.17, 15) is 4.39 Å². The van der Waals surface area contributed by atoms with Crippen LogP contribution < -0.4 is 5.32 Å². The van der Waals surface area contributed by atoms with Crippen molar-refractivity contribution >= 4 is 0 Å². The van der Waals surface area contributed by atoms with Crippen molar-refractivity contribution in [2.24, 2.45) is 0 Å². The fraction of sp³-hybridized carbons (Fsp3) is 0.647. The minimum Gasteiger partial charge on any atom is -0.310 e. The highest BCUT2D eigenvalue weighted by Gasteiger charge is 2.37. The van der Waals surface area contributed by atoms with Crippen molar-refractivity contribution in [3.8, 4) is 0 Å². The Labute approximate surface area is 121 Å². The van der Waals surface area contributed by atoms with Gasteiger partial charge >= 0.3 is 0 Å². The van der Waals surface area contributed by atoms with Crippen LogP contribution in [-0.4, -0.2) is 30.1 Å². The van der Waals surface area contributed by atoms with Gasteiger partial charge in [-0.25, -0.2) is 4.39 Å². The van der Waals surface area contributed by atoms with E-state index in [0.29, 0.717) is 6.04 Å². The topological polar surface area (TPSA) is 15.3 Å². The van der Waals surface area contributed by atoms with E-state index in [1.807, 2.05) is 26.0 Å². The van der Waals surface area contributed by atoms with Gasteiger partial charge in [0.05, 0.1) is 0 Å². The zero-order valence-electron chi connectivity index (χ0n) is 12.7. The molecule has 2 fully saturated rings. The van der Waals surface area contributed by atoms with E-state index < -0.39 is 0 Å². The third-order valence-corrected chi connectivity index (χ3v) is 5.19. The lowest BCUT2D eigenvalue weighted by atomic mass is 9.97. The maximum atomic E-state index is 13.6. The molecule has 2 heterocycles. The monoisotopic (exact) mass is 276 g/mol. The molecule has 110 valence electrons. The van der Waals surface area contributed by atoms with Gasteiger partial charge in [-0.2, -0.15) is 0 Å². The summed E-state index contributed by atoms with van der Waals surface area (Å²) in [6, 6.07) is 6.10. The molecule has 3 heteroatoms. The second-order valence-electron chi connectivity index (χ2n) is 6.64. The zero-order valence-corrected chi connectivity index (χ0v) is 12.7. The summed E-state index contributed by atoms with van der Waals surface area (Å²) in [4.78, 5) is 2.56. The van der Waals surface area contributed by atoms with Gasteiger partial charge in [-0.15, -0.1) is 0 Å². The summed E-state index contributed by atoms with van der Waals surface area (Å²) in [5.41, 5.74) is 2.71. The Morgan fingerprint density at radius 2 is 1.70 bits per heavy atom. The number of hydrogen-bond acceptors (Lipinski definition) is 2. The van der Waals surface area contributed by atoms with Crippen LogP contribution in [0.1, 0.15) is 42.4 Å². The van der Waals surface area contributed by atoms with Crippen LogP contribution in [0.4, 0.5) is 4.39 Å². The Morgan fingerprint density at radius 1 is 1.15 bits per heavy atom. The second-order valence-corrected chi connectivity index (χ2v) is 6.64. The Balaban J connectivity index is 1.60. The normalized spacial score (nSPS) is 29.9. The molecule has 0 amide bonds. The molecular weight excluding hydrogens is 251 g/mol. The summed E-state index contributed by atoms with van der Waals surface area (Å²) < 4.78 is 13.6. The molecule has 1 aromatic rings. The third kappa shape index (κ3) is 2.61. The number of aryl methyl sites for hydroxylation is 2. The number of nitrogens with one attached hydrogen (secondary N) is 1. The first-order valence-corrected chi connectivity index (χ1v) is 7.75. The van der Waals surface area contributed by atoms with Crippen LogP contribution in [0.2, 0.25) is 0 Å². The molecule has 2 saturated heterocycles. The number of piperidine rings is 1. The fourth-order valence-electron chi connectivity index (χ4n) is 3.98. The molecule has 0 spiro atoms. The van der Waals surface area contributed by atoms with Gasteiger partial charge in [0, 0.05) is 24.7 Å². The minimum atomic E-state index is -0.0638. The predicted molar refractivity (Wildman–Crippen MR) is 80.3 cm³/mol. The molecule has 2 unspecified atom stereocenters. The third-order valence-electron chi connectivity index (χ3n) is 5.19. The van der Waals surface area contributed by atoms with E-state index >= 15 is 0 Å². The van der Waals surface area contributed by atoms with Crippen molar-refractivity contribution in [3.05, 3.63) is 34.6 Å². The summed E-state index contributed by atoms with van der Waals surface area (Å²) in [5, 5.41) is 3.68. The molecule has 2 aliphatic heterocycles. The molecule has 2 aliphatic rings. The smallest absolute Gasteiger partial charge is 0.129 e. The minimum absolute atomic E-state index is 0.0638. The first kappa shape index (κ1) is 14.0. The van der Waals surface area contributed by atoms with Gasteiger partial charge in [0.25, 0.3) is 0 Å². The highest BCUT2D eigenvalue weighted by molar-refractivity contribution is 5.30. The Bertz CT molecular complexity index is 463. The average Bonchev–Trinajstić information content (AvgIpc) is 2.65. The van der Waals surface area contributed by atoms with E-state index in [4.69, 9.17) is 0 Å². The van der Waals surface area contributed by atoms with Crippen molar-refractivity contribution in [2.75, 3.05) is 7.05 Å². The van der Waals surface area contributed by atoms with Crippen LogP contribution in [0.25, 0.3) is 0 Å². The van der Waals surface area contributed by atoms with E-state index in [0.717, 1.165) is 29.8 Å². The highest BCUT2D eigenvalue weighted by Crippen LogP contribution is 2.34. The Kier molecular flexibility index (Phi) is 3.83. The van der Waals surface area contributed by atoms with Gasteiger partial charge in [-0.1, -0.05) is 12.1 Å². The number of benzene rings is 1. The van der Waals surface area contributed by atoms with E-state index in [2.05, 4.69) is 17.3 Å². The van der Waals surface area contributed by atoms with E-state index in [1.54, 1.807) is 0 Å². The molecule has 0 saturated carbocycles. The summed E-state index contributed by atoms with van der Waals surface area (Å²) in [5.74, 6) is -0.0638. The van der Waals surface area contributed by atoms with Crippen LogP contribution in [0.3, 0.4) is 0 Å². The molecule has 2 bridgehead atoms. The summed E-state index contributed by atoms with van der Waals surface area (Å²) in [6.07, 6.45) is 5.22. The lowest BCUT2D eigenvalue weighted by Crippen LogP contribution is -2.47. The van der Waals surface area contributed by atoms with Gasteiger partial charge in [0.15, 0.2) is 0 Å². The summed E-state index contributed by atoms with van der Waals surface area (Å²) in [7, 11) is 2.27. The molecule has 0 radical (unpaired) electrons. The second kappa shape index (κ2) is 5.45. The van der Waals surface area contributed by atoms with E-state index in [1.165, 1.54) is 31.2 Å². The zero-order chi connectivity index (χ0) is 14.3. The number of fused-ring (bicyclic) bond motifs is 2. The van der Waals surface area contributed by atoms with Crippen LogP contribution in [0, 0.1) is 19.7 Å². The quantitative estimate of drug-likeness (QED) is 0.912. The van der Waals surface area contributed by atoms with Gasteiger partial charge in [0.2, 0.25) is 0 Å². The van der Waals surface area contributed by atoms with Gasteiger partial charge in [0.1, 0.15) is 5.82 Å². The summed E-state index contributed by atoms with van der Waals surface area (Å²) in [6.45, 7) is 4.55.